The van der Waals surface area contributed by atoms with Gasteiger partial charge in [-0.05, 0) is 13.8 Å². The number of aromatic nitrogens is 2. The maximum atomic E-state index is 13.4. The minimum atomic E-state index is -1.11. The first-order chi connectivity index (χ1) is 9.82. The molecule has 0 spiro atoms. The van der Waals surface area contributed by atoms with Crippen LogP contribution in [0.2, 0.25) is 0 Å². The lowest BCUT2D eigenvalue weighted by Gasteiger charge is -2.24. The van der Waals surface area contributed by atoms with Crippen molar-refractivity contribution in [2.75, 3.05) is 6.61 Å². The van der Waals surface area contributed by atoms with Gasteiger partial charge in [0.05, 0.1) is 12.8 Å². The van der Waals surface area contributed by atoms with Crippen LogP contribution in [0.25, 0.3) is 0 Å². The second-order valence-corrected chi connectivity index (χ2v) is 5.46. The summed E-state index contributed by atoms with van der Waals surface area (Å²) in [5, 5.41) is 9.34. The predicted octanol–water partition coefficient (Wildman–Crippen LogP) is -0.914. The molecule has 2 fully saturated rings. The first-order valence-corrected chi connectivity index (χ1v) is 6.45. The van der Waals surface area contributed by atoms with Crippen molar-refractivity contribution >= 4 is 0 Å². The van der Waals surface area contributed by atoms with E-state index in [1.165, 1.54) is 0 Å². The molecular formula is C12H15FN2O6. The molecule has 4 atom stereocenters. The highest BCUT2D eigenvalue weighted by Gasteiger charge is 2.55. The van der Waals surface area contributed by atoms with E-state index in [9.17, 15) is 19.1 Å². The molecule has 3 rings (SSSR count). The molecule has 9 heteroatoms. The van der Waals surface area contributed by atoms with Gasteiger partial charge in [-0.1, -0.05) is 0 Å². The van der Waals surface area contributed by atoms with Crippen molar-refractivity contribution in [3.63, 3.8) is 0 Å². The summed E-state index contributed by atoms with van der Waals surface area (Å²) in [4.78, 5) is 24.8. The third kappa shape index (κ3) is 2.31. The molecule has 2 aliphatic rings. The second kappa shape index (κ2) is 4.73. The Morgan fingerprint density at radius 2 is 2.05 bits per heavy atom. The quantitative estimate of drug-likeness (QED) is 0.733. The largest absolute Gasteiger partial charge is 0.394 e. The lowest BCUT2D eigenvalue weighted by Crippen LogP contribution is -2.38. The number of nitrogens with zero attached hydrogens (tertiary/aromatic N) is 1. The van der Waals surface area contributed by atoms with Gasteiger partial charge in [0.1, 0.15) is 18.3 Å². The number of halogens is 1. The van der Waals surface area contributed by atoms with Crippen molar-refractivity contribution in [1.82, 2.24) is 9.55 Å². The summed E-state index contributed by atoms with van der Waals surface area (Å²) in [5.41, 5.74) is -1.93. The van der Waals surface area contributed by atoms with E-state index in [0.717, 1.165) is 10.8 Å². The maximum Gasteiger partial charge on any atom is 0.330 e. The number of aliphatic hydroxyl groups is 1. The number of hydrogen-bond acceptors (Lipinski definition) is 6. The van der Waals surface area contributed by atoms with E-state index in [1.807, 2.05) is 4.98 Å². The molecule has 1 aromatic heterocycles. The fraction of sp³-hybridized carbons (Fsp3) is 0.667. The Morgan fingerprint density at radius 3 is 2.71 bits per heavy atom. The molecule has 0 radical (unpaired) electrons. The lowest BCUT2D eigenvalue weighted by molar-refractivity contribution is -0.200. The Balaban J connectivity index is 2.01. The van der Waals surface area contributed by atoms with Crippen molar-refractivity contribution < 1.29 is 23.7 Å². The number of aliphatic hydroxyl groups excluding tert-OH is 1. The number of nitrogens with one attached hydrogen (secondary N) is 1. The molecule has 2 unspecified atom stereocenters. The third-order valence-electron chi connectivity index (χ3n) is 3.50. The lowest BCUT2D eigenvalue weighted by atomic mass is 10.1. The van der Waals surface area contributed by atoms with Crippen LogP contribution in [0.15, 0.2) is 15.8 Å². The summed E-state index contributed by atoms with van der Waals surface area (Å²) in [6.07, 6.45) is -2.22. The van der Waals surface area contributed by atoms with Gasteiger partial charge in [-0.3, -0.25) is 14.3 Å². The highest BCUT2D eigenvalue weighted by molar-refractivity contribution is 4.99. The Hall–Kier alpha value is -1.55. The number of H-pyrrole nitrogens is 1. The van der Waals surface area contributed by atoms with Gasteiger partial charge in [-0.15, -0.1) is 0 Å². The van der Waals surface area contributed by atoms with Crippen LogP contribution in [0.4, 0.5) is 4.39 Å². The molecule has 3 heterocycles. The monoisotopic (exact) mass is 302 g/mol. The van der Waals surface area contributed by atoms with Crippen LogP contribution < -0.4 is 11.2 Å². The minimum Gasteiger partial charge on any atom is -0.394 e. The molecule has 0 aliphatic carbocycles. The summed E-state index contributed by atoms with van der Waals surface area (Å²) < 4.78 is 31.1. The van der Waals surface area contributed by atoms with Crippen molar-refractivity contribution in [2.45, 2.75) is 44.2 Å². The molecule has 2 saturated heterocycles. The van der Waals surface area contributed by atoms with Gasteiger partial charge in [-0.25, -0.2) is 4.79 Å². The fourth-order valence-electron chi connectivity index (χ4n) is 2.68. The zero-order chi connectivity index (χ0) is 15.4. The number of aromatic amines is 1. The maximum absolute atomic E-state index is 13.4. The molecule has 2 N–H and O–H groups in total. The normalized spacial score (nSPS) is 34.1. The topological polar surface area (TPSA) is 103 Å². The first-order valence-electron chi connectivity index (χ1n) is 6.45. The minimum absolute atomic E-state index is 0.336. The molecule has 0 saturated carbocycles. The molecular weight excluding hydrogens is 287 g/mol. The Kier molecular flexibility index (Phi) is 3.24. The summed E-state index contributed by atoms with van der Waals surface area (Å²) >= 11 is 0. The van der Waals surface area contributed by atoms with Gasteiger partial charge >= 0.3 is 5.69 Å². The summed E-state index contributed by atoms with van der Waals surface area (Å²) in [7, 11) is 0. The van der Waals surface area contributed by atoms with Crippen LogP contribution in [-0.4, -0.2) is 45.4 Å². The van der Waals surface area contributed by atoms with Crippen LogP contribution in [0, 0.1) is 5.82 Å². The van der Waals surface area contributed by atoms with E-state index < -0.39 is 47.4 Å². The molecule has 116 valence electrons. The van der Waals surface area contributed by atoms with Crippen molar-refractivity contribution in [2.24, 2.45) is 0 Å². The van der Waals surface area contributed by atoms with Crippen molar-refractivity contribution in [1.29, 1.82) is 0 Å². The van der Waals surface area contributed by atoms with E-state index in [2.05, 4.69) is 0 Å². The smallest absolute Gasteiger partial charge is 0.330 e. The molecule has 0 amide bonds. The molecule has 0 aromatic carbocycles. The van der Waals surface area contributed by atoms with Crippen LogP contribution in [0.3, 0.4) is 0 Å². The van der Waals surface area contributed by atoms with Crippen molar-refractivity contribution in [3.8, 4) is 0 Å². The zero-order valence-corrected chi connectivity index (χ0v) is 11.4. The van der Waals surface area contributed by atoms with E-state index in [-0.39, 0.29) is 6.61 Å². The molecule has 21 heavy (non-hydrogen) atoms. The third-order valence-corrected chi connectivity index (χ3v) is 3.50. The Morgan fingerprint density at radius 1 is 1.38 bits per heavy atom. The highest BCUT2D eigenvalue weighted by atomic mass is 19.1. The van der Waals surface area contributed by atoms with Gasteiger partial charge in [0.25, 0.3) is 5.56 Å². The van der Waals surface area contributed by atoms with E-state index in [4.69, 9.17) is 14.2 Å². The first kappa shape index (κ1) is 14.4. The number of hydrogen-bond donors (Lipinski definition) is 2. The fourth-order valence-corrected chi connectivity index (χ4v) is 2.68. The Bertz CT molecular complexity index is 668. The average Bonchev–Trinajstić information content (AvgIpc) is 2.87. The molecule has 2 aliphatic heterocycles. The SMILES string of the molecule is CC1(C)OC2C(O1)[C@@H](CO)O[C@H]2n1cc(F)c(=O)[nH]c1=O. The molecule has 8 nitrogen and oxygen atoms in total. The van der Waals surface area contributed by atoms with E-state index in [0.29, 0.717) is 0 Å². The molecule has 0 bridgehead atoms. The van der Waals surface area contributed by atoms with Crippen molar-refractivity contribution in [3.05, 3.63) is 32.9 Å². The second-order valence-electron chi connectivity index (χ2n) is 5.46. The number of fused-ring (bicyclic) bond motifs is 1. The van der Waals surface area contributed by atoms with Crippen LogP contribution in [0.5, 0.6) is 0 Å². The van der Waals surface area contributed by atoms with Gasteiger partial charge < -0.3 is 19.3 Å². The van der Waals surface area contributed by atoms with Crippen LogP contribution in [0.1, 0.15) is 20.1 Å². The summed E-state index contributed by atoms with van der Waals surface area (Å²) in [6.45, 7) is 3.04. The number of rotatable bonds is 2. The zero-order valence-electron chi connectivity index (χ0n) is 11.4. The van der Waals surface area contributed by atoms with Crippen LogP contribution >= 0.6 is 0 Å². The van der Waals surface area contributed by atoms with Gasteiger partial charge in [-0.2, -0.15) is 4.39 Å². The van der Waals surface area contributed by atoms with Gasteiger partial charge in [0.15, 0.2) is 12.0 Å². The van der Waals surface area contributed by atoms with Gasteiger partial charge in [0, 0.05) is 0 Å². The van der Waals surface area contributed by atoms with Gasteiger partial charge in [0.2, 0.25) is 5.82 Å². The Labute approximate surface area is 118 Å². The number of ether oxygens (including phenoxy) is 3. The standard InChI is InChI=1S/C12H15FN2O6/c1-12(2)20-7-6(4-16)19-10(8(7)21-12)15-3-5(13)9(17)14-11(15)18/h3,6-8,10,16H,4H2,1-2H3,(H,14,17,18)/t6-,7?,8?,10-/m1/s1. The average molecular weight is 302 g/mol. The predicted molar refractivity (Wildman–Crippen MR) is 66.1 cm³/mol. The highest BCUT2D eigenvalue weighted by Crippen LogP contribution is 2.42. The summed E-state index contributed by atoms with van der Waals surface area (Å²) in [6, 6.07) is 0. The van der Waals surface area contributed by atoms with E-state index >= 15 is 0 Å². The summed E-state index contributed by atoms with van der Waals surface area (Å²) in [5.74, 6) is -2.02. The van der Waals surface area contributed by atoms with Crippen LogP contribution in [-0.2, 0) is 14.2 Å². The molecule has 1 aromatic rings. The van der Waals surface area contributed by atoms with E-state index in [1.54, 1.807) is 13.8 Å².